The molecule has 0 aliphatic heterocycles. The van der Waals surface area contributed by atoms with Crippen LogP contribution in [0.2, 0.25) is 0 Å². The second-order valence-electron chi connectivity index (χ2n) is 3.23. The molecule has 1 rings (SSSR count). The van der Waals surface area contributed by atoms with Gasteiger partial charge in [0.1, 0.15) is 6.10 Å². The number of ketones is 1. The molecule has 0 aliphatic carbocycles. The van der Waals surface area contributed by atoms with E-state index in [1.165, 1.54) is 0 Å². The monoisotopic (exact) mass is 192 g/mol. The van der Waals surface area contributed by atoms with Gasteiger partial charge < -0.3 is 4.74 Å². The molecule has 1 aromatic carbocycles. The van der Waals surface area contributed by atoms with Gasteiger partial charge in [-0.3, -0.25) is 4.79 Å². The number of Topliss-reactive ketones (excluding diaryl/α,β-unsaturated/α-hetero) is 1. The van der Waals surface area contributed by atoms with Crippen LogP contribution in [0.5, 0.6) is 0 Å². The van der Waals surface area contributed by atoms with Crippen molar-refractivity contribution in [3.05, 3.63) is 35.9 Å². The summed E-state index contributed by atoms with van der Waals surface area (Å²) in [6.07, 6.45) is 0.914. The van der Waals surface area contributed by atoms with Crippen LogP contribution in [0.3, 0.4) is 0 Å². The van der Waals surface area contributed by atoms with Crippen molar-refractivity contribution < 1.29 is 9.53 Å². The molecule has 0 aromatic heterocycles. The molecule has 1 aromatic rings. The van der Waals surface area contributed by atoms with Crippen LogP contribution >= 0.6 is 0 Å². The standard InChI is InChI=1S/C12H16O2/c1-3-11(13)12(14-2)9-10-7-5-4-6-8-10/h4-8,12H,3,9H2,1-2H3. The summed E-state index contributed by atoms with van der Waals surface area (Å²) in [4.78, 5) is 11.4. The minimum Gasteiger partial charge on any atom is -0.373 e. The maximum atomic E-state index is 11.4. The zero-order chi connectivity index (χ0) is 10.4. The summed E-state index contributed by atoms with van der Waals surface area (Å²) in [5.74, 6) is 0.163. The molecule has 0 saturated heterocycles. The molecule has 0 radical (unpaired) electrons. The third-order valence-corrected chi connectivity index (χ3v) is 2.26. The van der Waals surface area contributed by atoms with Crippen molar-refractivity contribution in [3.63, 3.8) is 0 Å². The van der Waals surface area contributed by atoms with Crippen LogP contribution in [0.1, 0.15) is 18.9 Å². The number of carbonyl (C=O) groups is 1. The Morgan fingerprint density at radius 3 is 2.50 bits per heavy atom. The van der Waals surface area contributed by atoms with Gasteiger partial charge in [0, 0.05) is 20.0 Å². The predicted octanol–water partition coefficient (Wildman–Crippen LogP) is 2.22. The van der Waals surface area contributed by atoms with Gasteiger partial charge in [-0.1, -0.05) is 37.3 Å². The van der Waals surface area contributed by atoms with Gasteiger partial charge in [-0.2, -0.15) is 0 Å². The average Bonchev–Trinajstić information content (AvgIpc) is 2.26. The molecule has 76 valence electrons. The minimum atomic E-state index is -0.289. The molecule has 0 heterocycles. The third kappa shape index (κ3) is 2.96. The van der Waals surface area contributed by atoms with Crippen LogP contribution < -0.4 is 0 Å². The Hall–Kier alpha value is -1.15. The Balaban J connectivity index is 2.62. The summed E-state index contributed by atoms with van der Waals surface area (Å²) in [5, 5.41) is 0. The minimum absolute atomic E-state index is 0.163. The summed E-state index contributed by atoms with van der Waals surface area (Å²) in [6.45, 7) is 1.86. The molecule has 0 fully saturated rings. The second kappa shape index (κ2) is 5.55. The SMILES string of the molecule is CCC(=O)C(Cc1ccccc1)OC. The molecular formula is C12H16O2. The smallest absolute Gasteiger partial charge is 0.161 e. The summed E-state index contributed by atoms with van der Waals surface area (Å²) in [6, 6.07) is 9.92. The van der Waals surface area contributed by atoms with Crippen molar-refractivity contribution in [3.8, 4) is 0 Å². The van der Waals surface area contributed by atoms with Crippen molar-refractivity contribution in [2.24, 2.45) is 0 Å². The quantitative estimate of drug-likeness (QED) is 0.715. The van der Waals surface area contributed by atoms with Crippen molar-refractivity contribution >= 4 is 5.78 Å². The highest BCUT2D eigenvalue weighted by Gasteiger charge is 2.15. The number of hydrogen-bond acceptors (Lipinski definition) is 2. The molecule has 0 spiro atoms. The number of rotatable bonds is 5. The normalized spacial score (nSPS) is 12.4. The molecule has 0 bridgehead atoms. The van der Waals surface area contributed by atoms with E-state index < -0.39 is 0 Å². The van der Waals surface area contributed by atoms with Crippen LogP contribution in [0.15, 0.2) is 30.3 Å². The van der Waals surface area contributed by atoms with Crippen molar-refractivity contribution in [1.29, 1.82) is 0 Å². The van der Waals surface area contributed by atoms with Gasteiger partial charge in [0.15, 0.2) is 5.78 Å². The molecule has 0 aliphatic rings. The van der Waals surface area contributed by atoms with Crippen LogP contribution in [-0.2, 0) is 16.0 Å². The first-order valence-corrected chi connectivity index (χ1v) is 4.87. The maximum Gasteiger partial charge on any atom is 0.161 e. The van der Waals surface area contributed by atoms with Crippen molar-refractivity contribution in [2.75, 3.05) is 7.11 Å². The Labute approximate surface area is 84.9 Å². The number of ether oxygens (including phenoxy) is 1. The topological polar surface area (TPSA) is 26.3 Å². The molecule has 1 atom stereocenters. The van der Waals surface area contributed by atoms with E-state index in [0.29, 0.717) is 12.8 Å². The van der Waals surface area contributed by atoms with E-state index in [-0.39, 0.29) is 11.9 Å². The summed E-state index contributed by atoms with van der Waals surface area (Å²) in [7, 11) is 1.58. The van der Waals surface area contributed by atoms with Gasteiger partial charge in [-0.25, -0.2) is 0 Å². The van der Waals surface area contributed by atoms with Crippen LogP contribution in [0.25, 0.3) is 0 Å². The Kier molecular flexibility index (Phi) is 4.33. The lowest BCUT2D eigenvalue weighted by atomic mass is 10.0. The van der Waals surface area contributed by atoms with Gasteiger partial charge in [0.25, 0.3) is 0 Å². The molecule has 1 unspecified atom stereocenters. The number of methoxy groups -OCH3 is 1. The fourth-order valence-corrected chi connectivity index (χ4v) is 1.38. The van der Waals surface area contributed by atoms with E-state index in [1.54, 1.807) is 7.11 Å². The van der Waals surface area contributed by atoms with Crippen molar-refractivity contribution in [2.45, 2.75) is 25.9 Å². The van der Waals surface area contributed by atoms with E-state index in [1.807, 2.05) is 37.3 Å². The zero-order valence-corrected chi connectivity index (χ0v) is 8.69. The third-order valence-electron chi connectivity index (χ3n) is 2.26. The zero-order valence-electron chi connectivity index (χ0n) is 8.69. The second-order valence-corrected chi connectivity index (χ2v) is 3.23. The molecule has 2 heteroatoms. The van der Waals surface area contributed by atoms with Crippen LogP contribution in [0.4, 0.5) is 0 Å². The lowest BCUT2D eigenvalue weighted by Crippen LogP contribution is -2.24. The largest absolute Gasteiger partial charge is 0.373 e. The van der Waals surface area contributed by atoms with Gasteiger partial charge >= 0.3 is 0 Å². The first kappa shape index (κ1) is 10.9. The van der Waals surface area contributed by atoms with Gasteiger partial charge in [0.2, 0.25) is 0 Å². The van der Waals surface area contributed by atoms with Crippen LogP contribution in [-0.4, -0.2) is 19.0 Å². The predicted molar refractivity (Wildman–Crippen MR) is 56.2 cm³/mol. The van der Waals surface area contributed by atoms with E-state index >= 15 is 0 Å². The summed E-state index contributed by atoms with van der Waals surface area (Å²) < 4.78 is 5.16. The molecule has 0 amide bonds. The highest BCUT2D eigenvalue weighted by molar-refractivity contribution is 5.83. The highest BCUT2D eigenvalue weighted by atomic mass is 16.5. The fourth-order valence-electron chi connectivity index (χ4n) is 1.38. The van der Waals surface area contributed by atoms with E-state index in [0.717, 1.165) is 5.56 Å². The van der Waals surface area contributed by atoms with E-state index in [9.17, 15) is 4.79 Å². The number of hydrogen-bond donors (Lipinski definition) is 0. The lowest BCUT2D eigenvalue weighted by Gasteiger charge is -2.12. The molecule has 2 nitrogen and oxygen atoms in total. The highest BCUT2D eigenvalue weighted by Crippen LogP contribution is 2.07. The summed E-state index contributed by atoms with van der Waals surface area (Å²) in [5.41, 5.74) is 1.14. The lowest BCUT2D eigenvalue weighted by molar-refractivity contribution is -0.128. The van der Waals surface area contributed by atoms with E-state index in [2.05, 4.69) is 0 Å². The van der Waals surface area contributed by atoms with Crippen LogP contribution in [0, 0.1) is 0 Å². The van der Waals surface area contributed by atoms with Gasteiger partial charge in [0.05, 0.1) is 0 Å². The molecule has 0 N–H and O–H groups in total. The Morgan fingerprint density at radius 2 is 2.00 bits per heavy atom. The number of carbonyl (C=O) groups excluding carboxylic acids is 1. The number of benzene rings is 1. The fraction of sp³-hybridized carbons (Fsp3) is 0.417. The van der Waals surface area contributed by atoms with Gasteiger partial charge in [-0.15, -0.1) is 0 Å². The Morgan fingerprint density at radius 1 is 1.36 bits per heavy atom. The maximum absolute atomic E-state index is 11.4. The first-order chi connectivity index (χ1) is 6.77. The molecule has 0 saturated carbocycles. The van der Waals surface area contributed by atoms with Crippen molar-refractivity contribution in [1.82, 2.24) is 0 Å². The van der Waals surface area contributed by atoms with E-state index in [4.69, 9.17) is 4.74 Å². The molecule has 14 heavy (non-hydrogen) atoms. The average molecular weight is 192 g/mol. The Bertz CT molecular complexity index is 280. The first-order valence-electron chi connectivity index (χ1n) is 4.87. The molecular weight excluding hydrogens is 176 g/mol. The van der Waals surface area contributed by atoms with Gasteiger partial charge in [-0.05, 0) is 5.56 Å². The summed E-state index contributed by atoms with van der Waals surface area (Å²) >= 11 is 0.